The van der Waals surface area contributed by atoms with Gasteiger partial charge in [0.2, 0.25) is 0 Å². The van der Waals surface area contributed by atoms with Gasteiger partial charge in [0, 0.05) is 60.7 Å². The van der Waals surface area contributed by atoms with Crippen LogP contribution in [0, 0.1) is 0 Å². The van der Waals surface area contributed by atoms with Crippen molar-refractivity contribution in [1.29, 1.82) is 0 Å². The molecule has 0 spiro atoms. The van der Waals surface area contributed by atoms with E-state index in [0.29, 0.717) is 98.6 Å². The van der Waals surface area contributed by atoms with Gasteiger partial charge in [0.05, 0.1) is 105 Å². The van der Waals surface area contributed by atoms with E-state index in [-0.39, 0.29) is 66.8 Å². The fourth-order valence-electron chi connectivity index (χ4n) is 3.84. The van der Waals surface area contributed by atoms with E-state index in [1.165, 1.54) is 0 Å². The summed E-state index contributed by atoms with van der Waals surface area (Å²) in [4.78, 5) is 4.14. The first-order valence-electron chi connectivity index (χ1n) is 16.2. The lowest BCUT2D eigenvalue weighted by atomic mass is 10.1. The Kier molecular flexibility index (Phi) is 37.6. The van der Waals surface area contributed by atoms with E-state index in [0.717, 1.165) is 0 Å². The van der Waals surface area contributed by atoms with Gasteiger partial charge in [-0.15, -0.1) is 0 Å². The molecule has 2 atom stereocenters. The lowest BCUT2D eigenvalue weighted by molar-refractivity contribution is -0.169. The van der Waals surface area contributed by atoms with E-state index >= 15 is 0 Å². The molecule has 0 saturated heterocycles. The Labute approximate surface area is 281 Å². The fourth-order valence-corrected chi connectivity index (χ4v) is 3.84. The van der Waals surface area contributed by atoms with Gasteiger partial charge in [0.25, 0.3) is 0 Å². The molecule has 0 aliphatic heterocycles. The van der Waals surface area contributed by atoms with Crippen molar-refractivity contribution in [1.82, 2.24) is 9.80 Å². The van der Waals surface area contributed by atoms with Gasteiger partial charge >= 0.3 is 0 Å². The Morgan fingerprint density at radius 2 is 0.894 bits per heavy atom. The fraction of sp³-hybridized carbons (Fsp3) is 1.00. The summed E-state index contributed by atoms with van der Waals surface area (Å²) in [6.07, 6.45) is -0.618. The summed E-state index contributed by atoms with van der Waals surface area (Å²) in [7, 11) is 4.81. The molecule has 0 bridgehead atoms. The van der Waals surface area contributed by atoms with Crippen LogP contribution in [0.3, 0.4) is 0 Å². The Morgan fingerprint density at radius 1 is 0.426 bits per heavy atom. The maximum absolute atomic E-state index is 9.71. The van der Waals surface area contributed by atoms with Crippen LogP contribution in [0.25, 0.3) is 0 Å². The minimum atomic E-state index is -0.487. The molecule has 0 heterocycles. The summed E-state index contributed by atoms with van der Waals surface area (Å²) in [6, 6.07) is 0. The van der Waals surface area contributed by atoms with Gasteiger partial charge in [0.15, 0.2) is 0 Å². The monoisotopic (exact) mass is 692 g/mol. The van der Waals surface area contributed by atoms with Gasteiger partial charge in [-0.2, -0.15) is 0 Å². The number of aliphatic hydroxyl groups is 3. The largest absolute Gasteiger partial charge is 0.396 e. The maximum Gasteiger partial charge on any atom is 0.147 e. The van der Waals surface area contributed by atoms with Crippen LogP contribution in [-0.2, 0) is 56.8 Å². The number of nitrogens with zero attached hydrogens (tertiary/aromatic N) is 2. The van der Waals surface area contributed by atoms with Gasteiger partial charge in [-0.05, 0) is 6.42 Å². The quantitative estimate of drug-likeness (QED) is 0.0505. The van der Waals surface area contributed by atoms with Gasteiger partial charge < -0.3 is 72.2 Å². The van der Waals surface area contributed by atoms with Crippen molar-refractivity contribution in [3.05, 3.63) is 0 Å². The third-order valence-electron chi connectivity index (χ3n) is 6.42. The number of ether oxygens (including phenoxy) is 12. The second-order valence-electron chi connectivity index (χ2n) is 10.0. The van der Waals surface area contributed by atoms with Gasteiger partial charge in [-0.3, -0.25) is 9.80 Å². The molecule has 47 heavy (non-hydrogen) atoms. The standard InChI is InChI=1S/C30H64N2O15/c1-36-20-22-44-26-41-15-5-31(6-16-42-27-45-23-21-37-2)7-17-43-28-47-30(24-38-3)29(4-10-33)46-25-32(8-13-39-18-11-34)9-14-40-19-12-35/h29-30,33-35H,4-28H2,1-3H3. The smallest absolute Gasteiger partial charge is 0.147 e. The summed E-state index contributed by atoms with van der Waals surface area (Å²) in [5.74, 6) is 0. The molecule has 0 amide bonds. The molecule has 3 N–H and O–H groups in total. The van der Waals surface area contributed by atoms with Crippen LogP contribution < -0.4 is 0 Å². The van der Waals surface area contributed by atoms with Crippen molar-refractivity contribution in [2.75, 3.05) is 180 Å². The van der Waals surface area contributed by atoms with Crippen molar-refractivity contribution in [3.8, 4) is 0 Å². The zero-order valence-electron chi connectivity index (χ0n) is 29.0. The molecule has 284 valence electrons. The highest BCUT2D eigenvalue weighted by Crippen LogP contribution is 2.11. The van der Waals surface area contributed by atoms with Crippen molar-refractivity contribution in [3.63, 3.8) is 0 Å². The number of hydrogen-bond donors (Lipinski definition) is 3. The molecule has 17 nitrogen and oxygen atoms in total. The van der Waals surface area contributed by atoms with E-state index in [1.54, 1.807) is 21.3 Å². The number of methoxy groups -OCH3 is 3. The molecule has 0 fully saturated rings. The SMILES string of the molecule is COCCOCOCCN(CCOCOCCOC)CCOCOC(COC)C(CCO)OCN(CCOCCO)CCOCCO. The summed E-state index contributed by atoms with van der Waals surface area (Å²) in [5, 5.41) is 27.6. The van der Waals surface area contributed by atoms with Crippen molar-refractivity contribution in [2.45, 2.75) is 18.6 Å². The molecular weight excluding hydrogens is 628 g/mol. The average Bonchev–Trinajstić information content (AvgIpc) is 3.08. The molecule has 0 aliphatic rings. The molecule has 0 radical (unpaired) electrons. The molecule has 2 unspecified atom stereocenters. The first-order valence-corrected chi connectivity index (χ1v) is 16.2. The molecule has 0 saturated carbocycles. The number of rotatable bonds is 40. The van der Waals surface area contributed by atoms with Crippen molar-refractivity contribution >= 4 is 0 Å². The number of aliphatic hydroxyl groups excluding tert-OH is 3. The van der Waals surface area contributed by atoms with E-state index in [1.807, 2.05) is 4.90 Å². The highest BCUT2D eigenvalue weighted by molar-refractivity contribution is 4.71. The van der Waals surface area contributed by atoms with Crippen LogP contribution >= 0.6 is 0 Å². The lowest BCUT2D eigenvalue weighted by Gasteiger charge is -2.30. The molecular formula is C30H64N2O15. The minimum absolute atomic E-state index is 0.00848. The summed E-state index contributed by atoms with van der Waals surface area (Å²) in [6.45, 7) is 8.28. The highest BCUT2D eigenvalue weighted by Gasteiger charge is 2.24. The van der Waals surface area contributed by atoms with Gasteiger partial charge in [-0.25, -0.2) is 0 Å². The Hall–Kier alpha value is -0.680. The Morgan fingerprint density at radius 3 is 1.36 bits per heavy atom. The molecule has 0 rings (SSSR count). The minimum Gasteiger partial charge on any atom is -0.396 e. The van der Waals surface area contributed by atoms with Crippen LogP contribution in [0.1, 0.15) is 6.42 Å². The van der Waals surface area contributed by atoms with Crippen molar-refractivity contribution in [2.24, 2.45) is 0 Å². The van der Waals surface area contributed by atoms with Crippen LogP contribution in [0.15, 0.2) is 0 Å². The van der Waals surface area contributed by atoms with E-state index in [9.17, 15) is 5.11 Å². The topological polar surface area (TPSA) is 178 Å². The zero-order chi connectivity index (χ0) is 34.5. The maximum atomic E-state index is 9.71. The zero-order valence-corrected chi connectivity index (χ0v) is 29.0. The summed E-state index contributed by atoms with van der Waals surface area (Å²) >= 11 is 0. The Balaban J connectivity index is 4.79. The van der Waals surface area contributed by atoms with Crippen LogP contribution in [0.2, 0.25) is 0 Å². The van der Waals surface area contributed by atoms with Crippen LogP contribution in [0.4, 0.5) is 0 Å². The molecule has 0 aliphatic carbocycles. The highest BCUT2D eigenvalue weighted by atomic mass is 16.7. The Bertz CT molecular complexity index is 573. The van der Waals surface area contributed by atoms with Crippen molar-refractivity contribution < 1.29 is 72.2 Å². The third-order valence-corrected chi connectivity index (χ3v) is 6.42. The first kappa shape index (κ1) is 46.3. The van der Waals surface area contributed by atoms with Gasteiger partial charge in [-0.1, -0.05) is 0 Å². The summed E-state index contributed by atoms with van der Waals surface area (Å²) in [5.41, 5.74) is 0. The first-order chi connectivity index (χ1) is 23.2. The lowest BCUT2D eigenvalue weighted by Crippen LogP contribution is -2.41. The normalized spacial score (nSPS) is 13.3. The third kappa shape index (κ3) is 31.1. The predicted molar refractivity (Wildman–Crippen MR) is 170 cm³/mol. The van der Waals surface area contributed by atoms with E-state index in [2.05, 4.69) is 4.90 Å². The van der Waals surface area contributed by atoms with Gasteiger partial charge in [0.1, 0.15) is 26.5 Å². The molecule has 17 heteroatoms. The second-order valence-corrected chi connectivity index (χ2v) is 10.0. The van der Waals surface area contributed by atoms with E-state index in [4.69, 9.17) is 67.1 Å². The number of hydrogen-bond acceptors (Lipinski definition) is 17. The molecule has 0 aromatic rings. The van der Waals surface area contributed by atoms with Crippen LogP contribution in [0.5, 0.6) is 0 Å². The average molecular weight is 693 g/mol. The second kappa shape index (κ2) is 38.1. The molecule has 0 aromatic carbocycles. The van der Waals surface area contributed by atoms with E-state index < -0.39 is 12.2 Å². The predicted octanol–water partition coefficient (Wildman–Crippen LogP) is -1.39. The molecule has 0 aromatic heterocycles. The van der Waals surface area contributed by atoms with Crippen LogP contribution in [-0.4, -0.2) is 218 Å². The summed E-state index contributed by atoms with van der Waals surface area (Å²) < 4.78 is 65.9.